The Morgan fingerprint density at radius 3 is 2.90 bits per heavy atom. The van der Waals surface area contributed by atoms with Gasteiger partial charge in [-0.1, -0.05) is 42.3 Å². The largest absolute Gasteiger partial charge is 0.495 e. The molecule has 1 aromatic rings. The quantitative estimate of drug-likeness (QED) is 0.756. The molecule has 0 fully saturated rings. The first-order valence-corrected chi connectivity index (χ1v) is 6.97. The van der Waals surface area contributed by atoms with E-state index in [4.69, 9.17) is 9.47 Å². The van der Waals surface area contributed by atoms with Crippen molar-refractivity contribution in [3.8, 4) is 11.8 Å². The molecular formula is C18H20O2. The van der Waals surface area contributed by atoms with Gasteiger partial charge >= 0.3 is 0 Å². The summed E-state index contributed by atoms with van der Waals surface area (Å²) in [4.78, 5) is 0. The molecule has 0 aromatic heterocycles. The van der Waals surface area contributed by atoms with Crippen molar-refractivity contribution in [2.24, 2.45) is 0 Å². The third-order valence-electron chi connectivity index (χ3n) is 3.02. The molecule has 1 heterocycles. The molecule has 0 aliphatic carbocycles. The fraction of sp³-hybridized carbons (Fsp3) is 0.333. The minimum absolute atomic E-state index is 0.156. The molecule has 0 saturated carbocycles. The molecule has 1 aliphatic heterocycles. The van der Waals surface area contributed by atoms with E-state index in [1.165, 1.54) is 0 Å². The first kappa shape index (κ1) is 14.4. The standard InChI is InChI=1S/C18H20O2/c1-2-3-14-19-18(17-11-7-8-15-20-17)13-12-16-9-5-4-6-10-16/h4-6,9-13,18H,7-8,14-15H2,1H3/b13-12+. The highest BCUT2D eigenvalue weighted by Gasteiger charge is 2.15. The van der Waals surface area contributed by atoms with Crippen LogP contribution in [0.2, 0.25) is 0 Å². The molecule has 2 heteroatoms. The van der Waals surface area contributed by atoms with Crippen molar-refractivity contribution in [3.05, 3.63) is 53.8 Å². The lowest BCUT2D eigenvalue weighted by molar-refractivity contribution is 0.0673. The van der Waals surface area contributed by atoms with Gasteiger partial charge in [0.05, 0.1) is 6.61 Å². The summed E-state index contributed by atoms with van der Waals surface area (Å²) in [7, 11) is 0. The highest BCUT2D eigenvalue weighted by Crippen LogP contribution is 2.18. The number of rotatable bonds is 5. The monoisotopic (exact) mass is 268 g/mol. The summed E-state index contributed by atoms with van der Waals surface area (Å²) in [6.07, 6.45) is 8.17. The van der Waals surface area contributed by atoms with E-state index in [1.807, 2.05) is 31.2 Å². The summed E-state index contributed by atoms with van der Waals surface area (Å²) in [5, 5.41) is 0. The van der Waals surface area contributed by atoms with Crippen LogP contribution in [-0.4, -0.2) is 19.3 Å². The summed E-state index contributed by atoms with van der Waals surface area (Å²) < 4.78 is 11.5. The van der Waals surface area contributed by atoms with E-state index in [0.29, 0.717) is 6.61 Å². The molecule has 0 amide bonds. The Bertz CT molecular complexity index is 517. The maximum Gasteiger partial charge on any atom is 0.134 e. The Labute approximate surface area is 121 Å². The Balaban J connectivity index is 2.06. The van der Waals surface area contributed by atoms with Crippen LogP contribution in [0, 0.1) is 11.8 Å². The predicted molar refractivity (Wildman–Crippen MR) is 81.9 cm³/mol. The van der Waals surface area contributed by atoms with E-state index in [-0.39, 0.29) is 6.10 Å². The van der Waals surface area contributed by atoms with Crippen LogP contribution in [0.3, 0.4) is 0 Å². The third-order valence-corrected chi connectivity index (χ3v) is 3.02. The van der Waals surface area contributed by atoms with Gasteiger partial charge in [-0.15, -0.1) is 5.92 Å². The number of ether oxygens (including phenoxy) is 2. The van der Waals surface area contributed by atoms with Gasteiger partial charge in [0.25, 0.3) is 0 Å². The fourth-order valence-corrected chi connectivity index (χ4v) is 1.97. The van der Waals surface area contributed by atoms with Crippen molar-refractivity contribution in [1.29, 1.82) is 0 Å². The Hall–Kier alpha value is -1.98. The summed E-state index contributed by atoms with van der Waals surface area (Å²) in [5.74, 6) is 6.67. The van der Waals surface area contributed by atoms with Crippen molar-refractivity contribution in [2.75, 3.05) is 13.2 Å². The molecule has 1 aromatic carbocycles. The molecule has 104 valence electrons. The Morgan fingerprint density at radius 1 is 1.35 bits per heavy atom. The molecule has 1 aliphatic rings. The normalized spacial score (nSPS) is 15.9. The molecule has 0 N–H and O–H groups in total. The number of hydrogen-bond donors (Lipinski definition) is 0. The van der Waals surface area contributed by atoms with Gasteiger partial charge in [-0.3, -0.25) is 0 Å². The minimum atomic E-state index is -0.156. The molecular weight excluding hydrogens is 248 g/mol. The molecule has 0 radical (unpaired) electrons. The van der Waals surface area contributed by atoms with E-state index in [1.54, 1.807) is 0 Å². The van der Waals surface area contributed by atoms with Crippen LogP contribution in [0.25, 0.3) is 6.08 Å². The zero-order valence-corrected chi connectivity index (χ0v) is 11.8. The zero-order chi connectivity index (χ0) is 14.0. The van der Waals surface area contributed by atoms with Crippen molar-refractivity contribution in [1.82, 2.24) is 0 Å². The van der Waals surface area contributed by atoms with E-state index in [0.717, 1.165) is 30.8 Å². The zero-order valence-electron chi connectivity index (χ0n) is 11.8. The lowest BCUT2D eigenvalue weighted by Crippen LogP contribution is -2.18. The van der Waals surface area contributed by atoms with Gasteiger partial charge in [-0.05, 0) is 37.5 Å². The maximum atomic E-state index is 5.79. The highest BCUT2D eigenvalue weighted by molar-refractivity contribution is 5.50. The molecule has 0 bridgehead atoms. The fourth-order valence-electron chi connectivity index (χ4n) is 1.97. The predicted octanol–water partition coefficient (Wildman–Crippen LogP) is 3.80. The average Bonchev–Trinajstić information content (AvgIpc) is 2.52. The van der Waals surface area contributed by atoms with Crippen LogP contribution < -0.4 is 0 Å². The van der Waals surface area contributed by atoms with Crippen LogP contribution in [0.5, 0.6) is 0 Å². The number of hydrogen-bond acceptors (Lipinski definition) is 2. The van der Waals surface area contributed by atoms with E-state index in [9.17, 15) is 0 Å². The lowest BCUT2D eigenvalue weighted by atomic mass is 10.1. The summed E-state index contributed by atoms with van der Waals surface area (Å²) in [5.41, 5.74) is 1.15. The van der Waals surface area contributed by atoms with Gasteiger partial charge < -0.3 is 9.47 Å². The molecule has 2 rings (SSSR count). The first-order valence-electron chi connectivity index (χ1n) is 6.97. The molecule has 0 saturated heterocycles. The van der Waals surface area contributed by atoms with Gasteiger partial charge in [0.15, 0.2) is 0 Å². The van der Waals surface area contributed by atoms with E-state index >= 15 is 0 Å². The van der Waals surface area contributed by atoms with E-state index < -0.39 is 0 Å². The molecule has 1 unspecified atom stereocenters. The SMILES string of the molecule is CC#CCOC(/C=C/c1ccccc1)C1=CCCCO1. The Morgan fingerprint density at radius 2 is 2.20 bits per heavy atom. The average molecular weight is 268 g/mol. The second-order valence-corrected chi connectivity index (χ2v) is 4.53. The number of benzene rings is 1. The third kappa shape index (κ3) is 4.60. The highest BCUT2D eigenvalue weighted by atomic mass is 16.5. The lowest BCUT2D eigenvalue weighted by Gasteiger charge is -2.21. The van der Waals surface area contributed by atoms with Gasteiger partial charge in [0.1, 0.15) is 18.5 Å². The van der Waals surface area contributed by atoms with Crippen molar-refractivity contribution < 1.29 is 9.47 Å². The molecule has 20 heavy (non-hydrogen) atoms. The van der Waals surface area contributed by atoms with Gasteiger partial charge in [-0.2, -0.15) is 0 Å². The van der Waals surface area contributed by atoms with Crippen molar-refractivity contribution >= 4 is 6.08 Å². The summed E-state index contributed by atoms with van der Waals surface area (Å²) in [6, 6.07) is 10.2. The topological polar surface area (TPSA) is 18.5 Å². The molecule has 2 nitrogen and oxygen atoms in total. The first-order chi connectivity index (χ1) is 9.90. The van der Waals surface area contributed by atoms with E-state index in [2.05, 4.69) is 36.1 Å². The second-order valence-electron chi connectivity index (χ2n) is 4.53. The van der Waals surface area contributed by atoms with Crippen LogP contribution >= 0.6 is 0 Å². The van der Waals surface area contributed by atoms with Gasteiger partial charge in [-0.25, -0.2) is 0 Å². The summed E-state index contributed by atoms with van der Waals surface area (Å²) >= 11 is 0. The molecule has 0 spiro atoms. The van der Waals surface area contributed by atoms with Crippen LogP contribution in [0.1, 0.15) is 25.3 Å². The van der Waals surface area contributed by atoms with Crippen LogP contribution in [-0.2, 0) is 9.47 Å². The van der Waals surface area contributed by atoms with Crippen LogP contribution in [0.15, 0.2) is 48.2 Å². The molecule has 1 atom stereocenters. The summed E-state index contributed by atoms with van der Waals surface area (Å²) in [6.45, 7) is 3.00. The minimum Gasteiger partial charge on any atom is -0.495 e. The Kier molecular flexibility index (Phi) is 5.95. The van der Waals surface area contributed by atoms with Crippen molar-refractivity contribution in [2.45, 2.75) is 25.9 Å². The second kappa shape index (κ2) is 8.24. The number of allylic oxidation sites excluding steroid dienone is 1. The van der Waals surface area contributed by atoms with Crippen LogP contribution in [0.4, 0.5) is 0 Å². The van der Waals surface area contributed by atoms with Gasteiger partial charge in [0, 0.05) is 0 Å². The van der Waals surface area contributed by atoms with Gasteiger partial charge in [0.2, 0.25) is 0 Å². The maximum absolute atomic E-state index is 5.79. The smallest absolute Gasteiger partial charge is 0.134 e. The van der Waals surface area contributed by atoms with Crippen molar-refractivity contribution in [3.63, 3.8) is 0 Å².